The molecule has 2 aromatic heterocycles. The van der Waals surface area contributed by atoms with Crippen molar-refractivity contribution in [3.63, 3.8) is 0 Å². The van der Waals surface area contributed by atoms with Crippen molar-refractivity contribution in [1.29, 1.82) is 0 Å². The van der Waals surface area contributed by atoms with Crippen LogP contribution in [-0.2, 0) is 0 Å². The number of hydrogen-bond acceptors (Lipinski definition) is 2. The lowest BCUT2D eigenvalue weighted by Crippen LogP contribution is -1.95. The van der Waals surface area contributed by atoms with E-state index in [2.05, 4.69) is 30.1 Å². The zero-order valence-corrected chi connectivity index (χ0v) is 7.94. The first kappa shape index (κ1) is 8.23. The fourth-order valence-electron chi connectivity index (χ4n) is 1.48. The van der Waals surface area contributed by atoms with Crippen LogP contribution in [0.5, 0.6) is 0 Å². The molecule has 3 nitrogen and oxygen atoms in total. The lowest BCUT2D eigenvalue weighted by atomic mass is 10.0. The molecule has 0 amide bonds. The van der Waals surface area contributed by atoms with Crippen molar-refractivity contribution in [2.75, 3.05) is 0 Å². The van der Waals surface area contributed by atoms with Crippen LogP contribution in [0.2, 0.25) is 0 Å². The molecule has 68 valence electrons. The Morgan fingerprint density at radius 2 is 2.38 bits per heavy atom. The number of fused-ring (bicyclic) bond motifs is 1. The predicted molar refractivity (Wildman–Crippen MR) is 51.7 cm³/mol. The maximum absolute atomic E-state index is 4.10. The maximum Gasteiger partial charge on any atom is 0.164 e. The van der Waals surface area contributed by atoms with Gasteiger partial charge >= 0.3 is 0 Å². The predicted octanol–water partition coefficient (Wildman–Crippen LogP) is 2.24. The van der Waals surface area contributed by atoms with Crippen molar-refractivity contribution in [1.82, 2.24) is 14.6 Å². The molecule has 2 rings (SSSR count). The Morgan fingerprint density at radius 3 is 3.15 bits per heavy atom. The molecule has 0 fully saturated rings. The molecular formula is C10H13N3. The summed E-state index contributed by atoms with van der Waals surface area (Å²) in [5.74, 6) is 0.549. The summed E-state index contributed by atoms with van der Waals surface area (Å²) < 4.78 is 1.96. The van der Waals surface area contributed by atoms with Gasteiger partial charge in [0.1, 0.15) is 6.33 Å². The Labute approximate surface area is 77.4 Å². The van der Waals surface area contributed by atoms with E-state index in [0.29, 0.717) is 5.92 Å². The average Bonchev–Trinajstić information content (AvgIpc) is 2.63. The lowest BCUT2D eigenvalue weighted by molar-refractivity contribution is 0.733. The Balaban J connectivity index is 2.60. The summed E-state index contributed by atoms with van der Waals surface area (Å²) in [4.78, 5) is 0. The molecule has 0 radical (unpaired) electrons. The molecule has 3 heteroatoms. The number of hydrogen-bond donors (Lipinski definition) is 0. The average molecular weight is 175 g/mol. The summed E-state index contributed by atoms with van der Waals surface area (Å²) in [6, 6.07) is 4.16. The summed E-state index contributed by atoms with van der Waals surface area (Å²) >= 11 is 0. The normalized spacial score (nSPS) is 13.4. The Hall–Kier alpha value is -1.38. The second kappa shape index (κ2) is 3.17. The minimum absolute atomic E-state index is 0.549. The minimum Gasteiger partial charge on any atom is -0.289 e. The summed E-state index contributed by atoms with van der Waals surface area (Å²) in [6.07, 6.45) is 4.84. The van der Waals surface area contributed by atoms with Gasteiger partial charge in [0.25, 0.3) is 0 Å². The van der Waals surface area contributed by atoms with Gasteiger partial charge in [-0.2, -0.15) is 0 Å². The van der Waals surface area contributed by atoms with E-state index in [4.69, 9.17) is 0 Å². The Morgan fingerprint density at radius 1 is 1.54 bits per heavy atom. The van der Waals surface area contributed by atoms with E-state index < -0.39 is 0 Å². The highest BCUT2D eigenvalue weighted by molar-refractivity contribution is 5.48. The minimum atomic E-state index is 0.549. The van der Waals surface area contributed by atoms with Gasteiger partial charge in [0.2, 0.25) is 0 Å². The van der Waals surface area contributed by atoms with E-state index in [0.717, 1.165) is 12.1 Å². The van der Waals surface area contributed by atoms with Gasteiger partial charge in [0, 0.05) is 11.8 Å². The van der Waals surface area contributed by atoms with Gasteiger partial charge in [-0.05, 0) is 18.4 Å². The van der Waals surface area contributed by atoms with Gasteiger partial charge < -0.3 is 0 Å². The molecule has 0 aliphatic rings. The standard InChI is InChI=1S/C10H13N3/c1-3-8(2)9-5-4-6-13-7-11-12-10(9)13/h4-8H,3H2,1-2H3. The van der Waals surface area contributed by atoms with Crippen molar-refractivity contribution >= 4 is 5.65 Å². The summed E-state index contributed by atoms with van der Waals surface area (Å²) in [5.41, 5.74) is 2.26. The highest BCUT2D eigenvalue weighted by Crippen LogP contribution is 2.21. The first-order valence-corrected chi connectivity index (χ1v) is 4.61. The quantitative estimate of drug-likeness (QED) is 0.700. The van der Waals surface area contributed by atoms with Crippen molar-refractivity contribution in [3.8, 4) is 0 Å². The monoisotopic (exact) mass is 175 g/mol. The molecule has 1 unspecified atom stereocenters. The molecule has 1 atom stereocenters. The number of pyridine rings is 1. The molecule has 0 spiro atoms. The van der Waals surface area contributed by atoms with Crippen molar-refractivity contribution in [2.24, 2.45) is 0 Å². The van der Waals surface area contributed by atoms with E-state index >= 15 is 0 Å². The molecule has 2 aromatic rings. The molecule has 0 saturated heterocycles. The summed E-state index contributed by atoms with van der Waals surface area (Å²) in [5, 5.41) is 7.99. The van der Waals surface area contributed by atoms with E-state index in [1.165, 1.54) is 5.56 Å². The molecule has 13 heavy (non-hydrogen) atoms. The SMILES string of the molecule is CCC(C)c1cccn2cnnc12. The van der Waals surface area contributed by atoms with Crippen LogP contribution in [0.4, 0.5) is 0 Å². The van der Waals surface area contributed by atoms with Crippen LogP contribution in [0, 0.1) is 0 Å². The molecular weight excluding hydrogens is 162 g/mol. The van der Waals surface area contributed by atoms with E-state index in [1.807, 2.05) is 16.7 Å². The van der Waals surface area contributed by atoms with Crippen molar-refractivity contribution in [3.05, 3.63) is 30.2 Å². The van der Waals surface area contributed by atoms with Crippen LogP contribution < -0.4 is 0 Å². The van der Waals surface area contributed by atoms with Crippen LogP contribution in [0.3, 0.4) is 0 Å². The first-order chi connectivity index (χ1) is 6.33. The molecule has 0 saturated carbocycles. The number of aromatic nitrogens is 3. The van der Waals surface area contributed by atoms with Crippen LogP contribution >= 0.6 is 0 Å². The van der Waals surface area contributed by atoms with Gasteiger partial charge in [-0.25, -0.2) is 0 Å². The van der Waals surface area contributed by atoms with Crippen LogP contribution in [0.1, 0.15) is 31.7 Å². The molecule has 0 N–H and O–H groups in total. The summed E-state index contributed by atoms with van der Waals surface area (Å²) in [6.45, 7) is 4.40. The van der Waals surface area contributed by atoms with Gasteiger partial charge in [-0.15, -0.1) is 10.2 Å². The van der Waals surface area contributed by atoms with Gasteiger partial charge in [-0.1, -0.05) is 19.9 Å². The van der Waals surface area contributed by atoms with Crippen LogP contribution in [0.25, 0.3) is 5.65 Å². The fraction of sp³-hybridized carbons (Fsp3) is 0.400. The Kier molecular flexibility index (Phi) is 2.00. The zero-order valence-electron chi connectivity index (χ0n) is 7.94. The molecule has 0 aliphatic carbocycles. The molecule has 2 heterocycles. The highest BCUT2D eigenvalue weighted by Gasteiger charge is 2.08. The third-order valence-electron chi connectivity index (χ3n) is 2.50. The van der Waals surface area contributed by atoms with E-state index in [-0.39, 0.29) is 0 Å². The van der Waals surface area contributed by atoms with E-state index in [9.17, 15) is 0 Å². The van der Waals surface area contributed by atoms with Gasteiger partial charge in [0.15, 0.2) is 5.65 Å². The highest BCUT2D eigenvalue weighted by atomic mass is 15.2. The van der Waals surface area contributed by atoms with Crippen LogP contribution in [0.15, 0.2) is 24.7 Å². The van der Waals surface area contributed by atoms with Crippen molar-refractivity contribution in [2.45, 2.75) is 26.2 Å². The summed E-state index contributed by atoms with van der Waals surface area (Å²) in [7, 11) is 0. The lowest BCUT2D eigenvalue weighted by Gasteiger charge is -2.08. The van der Waals surface area contributed by atoms with E-state index in [1.54, 1.807) is 6.33 Å². The maximum atomic E-state index is 4.10. The van der Waals surface area contributed by atoms with Gasteiger partial charge in [0.05, 0.1) is 0 Å². The second-order valence-electron chi connectivity index (χ2n) is 3.33. The zero-order chi connectivity index (χ0) is 9.26. The number of rotatable bonds is 2. The third kappa shape index (κ3) is 1.30. The second-order valence-corrected chi connectivity index (χ2v) is 3.33. The Bertz CT molecular complexity index is 405. The molecule has 0 aliphatic heterocycles. The number of nitrogens with zero attached hydrogens (tertiary/aromatic N) is 3. The molecule has 0 bridgehead atoms. The smallest absolute Gasteiger partial charge is 0.164 e. The fourth-order valence-corrected chi connectivity index (χ4v) is 1.48. The largest absolute Gasteiger partial charge is 0.289 e. The first-order valence-electron chi connectivity index (χ1n) is 4.61. The molecule has 0 aromatic carbocycles. The third-order valence-corrected chi connectivity index (χ3v) is 2.50. The van der Waals surface area contributed by atoms with Crippen LogP contribution in [-0.4, -0.2) is 14.6 Å². The van der Waals surface area contributed by atoms with Gasteiger partial charge in [-0.3, -0.25) is 4.40 Å². The topological polar surface area (TPSA) is 30.2 Å². The van der Waals surface area contributed by atoms with Crippen molar-refractivity contribution < 1.29 is 0 Å².